The number of hydrogen-bond acceptors (Lipinski definition) is 5. The molecule has 2 aliphatic rings. The molecule has 2 aliphatic heterocycles. The number of fused-ring (bicyclic) bond motifs is 1. The molecule has 0 bridgehead atoms. The third-order valence-electron chi connectivity index (χ3n) is 5.33. The molecule has 2 amide bonds. The van der Waals surface area contributed by atoms with Gasteiger partial charge in [0.15, 0.2) is 0 Å². The van der Waals surface area contributed by atoms with Crippen molar-refractivity contribution in [3.05, 3.63) is 65.0 Å². The fourth-order valence-corrected chi connectivity index (χ4v) is 3.54. The van der Waals surface area contributed by atoms with Crippen molar-refractivity contribution in [1.82, 2.24) is 15.4 Å². The Morgan fingerprint density at radius 1 is 1.24 bits per heavy atom. The second-order valence-corrected chi connectivity index (χ2v) is 7.34. The van der Waals surface area contributed by atoms with Gasteiger partial charge in [0.2, 0.25) is 5.91 Å². The molecule has 2 heterocycles. The van der Waals surface area contributed by atoms with Crippen LogP contribution in [0.5, 0.6) is 0 Å². The molecule has 2 aromatic carbocycles. The molecule has 0 radical (unpaired) electrons. The Bertz CT molecular complexity index is 993. The average Bonchev–Trinajstić information content (AvgIpc) is 3.13. The monoisotopic (exact) mass is 395 g/mol. The minimum Gasteiger partial charge on any atom is -0.322 e. The van der Waals surface area contributed by atoms with Gasteiger partial charge < -0.3 is 5.32 Å². The normalized spacial score (nSPS) is 20.7. The molecule has 2 unspecified atom stereocenters. The Balaban J connectivity index is 1.42. The molecule has 7 nitrogen and oxygen atoms in total. The zero-order valence-corrected chi connectivity index (χ0v) is 16.2. The number of carbonyl (C=O) groups excluding carboxylic acids is 2. The highest BCUT2D eigenvalue weighted by Gasteiger charge is 2.41. The fraction of sp³-hybridized carbons (Fsp3) is 0.286. The maximum Gasteiger partial charge on any atom is 0.267 e. The number of hydrazine groups is 1. The minimum absolute atomic E-state index is 0.0121. The van der Waals surface area contributed by atoms with Crippen LogP contribution >= 0.6 is 0 Å². The Morgan fingerprint density at radius 2 is 2.03 bits per heavy atom. The van der Waals surface area contributed by atoms with Gasteiger partial charge in [0.25, 0.3) is 5.91 Å². The molecule has 2 atom stereocenters. The van der Waals surface area contributed by atoms with Gasteiger partial charge in [-0.05, 0) is 49.1 Å². The van der Waals surface area contributed by atoms with Gasteiger partial charge in [-0.15, -0.1) is 0 Å². The Labute approximate surface area is 168 Å². The highest BCUT2D eigenvalue weighted by Crippen LogP contribution is 2.30. The fourth-order valence-electron chi connectivity index (χ4n) is 3.54. The molecule has 2 aromatic rings. The first kappa shape index (κ1) is 19.1. The first-order valence-corrected chi connectivity index (χ1v) is 9.44. The lowest BCUT2D eigenvalue weighted by Crippen LogP contribution is -2.52. The van der Waals surface area contributed by atoms with E-state index in [4.69, 9.17) is 0 Å². The third-order valence-corrected chi connectivity index (χ3v) is 5.33. The standard InChI is InChI=1S/C21H22FN5O2/c1-13-7-8-15(9-14(13)2)18-10-19-21(29)26(23-12-27(19)25-18)11-20(28)24-17-6-4-3-5-16(17)22/h3-9,12,18-19,25H,10-11H2,1-2H3,(H,24,28). The van der Waals surface area contributed by atoms with Crippen molar-refractivity contribution in [1.29, 1.82) is 0 Å². The summed E-state index contributed by atoms with van der Waals surface area (Å²) in [7, 11) is 0. The summed E-state index contributed by atoms with van der Waals surface area (Å²) in [5.41, 5.74) is 6.88. The van der Waals surface area contributed by atoms with Crippen LogP contribution in [0.4, 0.5) is 10.1 Å². The summed E-state index contributed by atoms with van der Waals surface area (Å²) in [6, 6.07) is 11.7. The molecule has 0 saturated carbocycles. The predicted octanol–water partition coefficient (Wildman–Crippen LogP) is 2.49. The quantitative estimate of drug-likeness (QED) is 0.834. The van der Waals surface area contributed by atoms with E-state index in [1.54, 1.807) is 11.1 Å². The van der Waals surface area contributed by atoms with Gasteiger partial charge in [-0.2, -0.15) is 5.10 Å². The largest absolute Gasteiger partial charge is 0.322 e. The lowest BCUT2D eigenvalue weighted by Gasteiger charge is -2.29. The van der Waals surface area contributed by atoms with Crippen LogP contribution in [0, 0.1) is 19.7 Å². The van der Waals surface area contributed by atoms with Gasteiger partial charge >= 0.3 is 0 Å². The van der Waals surface area contributed by atoms with Crippen LogP contribution in [0.15, 0.2) is 47.6 Å². The van der Waals surface area contributed by atoms with E-state index >= 15 is 0 Å². The van der Waals surface area contributed by atoms with Crippen LogP contribution in [0.2, 0.25) is 0 Å². The highest BCUT2D eigenvalue weighted by atomic mass is 19.1. The molecule has 8 heteroatoms. The number of carbonyl (C=O) groups is 2. The topological polar surface area (TPSA) is 77.0 Å². The van der Waals surface area contributed by atoms with E-state index in [1.807, 2.05) is 0 Å². The second-order valence-electron chi connectivity index (χ2n) is 7.34. The van der Waals surface area contributed by atoms with Gasteiger partial charge in [-0.3, -0.25) is 14.6 Å². The Morgan fingerprint density at radius 3 is 2.79 bits per heavy atom. The highest BCUT2D eigenvalue weighted by molar-refractivity contribution is 5.96. The van der Waals surface area contributed by atoms with E-state index < -0.39 is 17.8 Å². The number of nitrogens with one attached hydrogen (secondary N) is 2. The summed E-state index contributed by atoms with van der Waals surface area (Å²) in [6.45, 7) is 3.84. The summed E-state index contributed by atoms with van der Waals surface area (Å²) in [6.07, 6.45) is 2.09. The van der Waals surface area contributed by atoms with Crippen molar-refractivity contribution < 1.29 is 14.0 Å². The zero-order valence-electron chi connectivity index (χ0n) is 16.2. The number of aryl methyl sites for hydroxylation is 2. The number of para-hydroxylation sites is 1. The lowest BCUT2D eigenvalue weighted by molar-refractivity contribution is -0.139. The zero-order chi connectivity index (χ0) is 20.5. The smallest absolute Gasteiger partial charge is 0.267 e. The molecule has 1 fully saturated rings. The maximum absolute atomic E-state index is 13.7. The predicted molar refractivity (Wildman–Crippen MR) is 107 cm³/mol. The summed E-state index contributed by atoms with van der Waals surface area (Å²) < 4.78 is 13.7. The SMILES string of the molecule is Cc1ccc(C2CC3C(=O)N(CC(=O)Nc4ccccc4F)N=CN3N2)cc1C. The van der Waals surface area contributed by atoms with Crippen LogP contribution in [0.25, 0.3) is 0 Å². The van der Waals surface area contributed by atoms with E-state index in [0.717, 1.165) is 10.6 Å². The van der Waals surface area contributed by atoms with Crippen molar-refractivity contribution in [2.45, 2.75) is 32.4 Å². The molecule has 0 aliphatic carbocycles. The van der Waals surface area contributed by atoms with Crippen molar-refractivity contribution in [2.75, 3.05) is 11.9 Å². The number of hydrogen-bond donors (Lipinski definition) is 2. The Kier molecular flexibility index (Phi) is 5.02. The molecule has 150 valence electrons. The number of halogens is 1. The van der Waals surface area contributed by atoms with Crippen LogP contribution in [0.3, 0.4) is 0 Å². The van der Waals surface area contributed by atoms with Gasteiger partial charge in [0, 0.05) is 0 Å². The number of rotatable bonds is 4. The van der Waals surface area contributed by atoms with E-state index in [2.05, 4.69) is 47.9 Å². The van der Waals surface area contributed by atoms with E-state index in [1.165, 1.54) is 35.7 Å². The molecular formula is C21H22FN5O2. The number of hydrazone groups is 1. The van der Waals surface area contributed by atoms with Gasteiger partial charge in [0.05, 0.1) is 11.7 Å². The summed E-state index contributed by atoms with van der Waals surface area (Å²) in [5.74, 6) is -1.31. The number of amides is 2. The Hall–Kier alpha value is -3.26. The van der Waals surface area contributed by atoms with Gasteiger partial charge in [-0.1, -0.05) is 30.3 Å². The summed E-state index contributed by atoms with van der Waals surface area (Å²) in [4.78, 5) is 25.1. The van der Waals surface area contributed by atoms with E-state index in [9.17, 15) is 14.0 Å². The van der Waals surface area contributed by atoms with Crippen molar-refractivity contribution in [2.24, 2.45) is 5.10 Å². The first-order valence-electron chi connectivity index (χ1n) is 9.44. The van der Waals surface area contributed by atoms with E-state index in [0.29, 0.717) is 6.42 Å². The minimum atomic E-state index is -0.531. The van der Waals surface area contributed by atoms with Crippen LogP contribution in [0.1, 0.15) is 29.2 Å². The molecule has 4 rings (SSSR count). The lowest BCUT2D eigenvalue weighted by atomic mass is 9.98. The molecule has 1 saturated heterocycles. The van der Waals surface area contributed by atoms with Crippen LogP contribution in [-0.4, -0.2) is 40.8 Å². The number of nitrogens with zero attached hydrogens (tertiary/aromatic N) is 3. The maximum atomic E-state index is 13.7. The van der Waals surface area contributed by atoms with Crippen LogP contribution in [-0.2, 0) is 9.59 Å². The third kappa shape index (κ3) is 3.84. The van der Waals surface area contributed by atoms with Crippen molar-refractivity contribution in [3.63, 3.8) is 0 Å². The van der Waals surface area contributed by atoms with Crippen LogP contribution < -0.4 is 10.7 Å². The van der Waals surface area contributed by atoms with Crippen molar-refractivity contribution >= 4 is 23.8 Å². The van der Waals surface area contributed by atoms with E-state index in [-0.39, 0.29) is 24.2 Å². The summed E-state index contributed by atoms with van der Waals surface area (Å²) >= 11 is 0. The molecular weight excluding hydrogens is 373 g/mol. The molecule has 2 N–H and O–H groups in total. The molecule has 0 aromatic heterocycles. The van der Waals surface area contributed by atoms with Gasteiger partial charge in [0.1, 0.15) is 24.7 Å². The average molecular weight is 395 g/mol. The number of anilines is 1. The second kappa shape index (κ2) is 7.63. The van der Waals surface area contributed by atoms with Crippen molar-refractivity contribution in [3.8, 4) is 0 Å². The molecule has 29 heavy (non-hydrogen) atoms. The first-order chi connectivity index (χ1) is 13.9. The summed E-state index contributed by atoms with van der Waals surface area (Å²) in [5, 5.41) is 9.37. The van der Waals surface area contributed by atoms with Gasteiger partial charge in [-0.25, -0.2) is 14.8 Å². The number of benzene rings is 2. The molecule has 0 spiro atoms.